The summed E-state index contributed by atoms with van der Waals surface area (Å²) in [5.41, 5.74) is 0. The fourth-order valence-electron chi connectivity index (χ4n) is 0.516. The van der Waals surface area contributed by atoms with Crippen molar-refractivity contribution in [1.82, 2.24) is 5.32 Å². The number of hydrogen-bond acceptors (Lipinski definition) is 2. The molecule has 0 spiro atoms. The van der Waals surface area contributed by atoms with Crippen LogP contribution in [0.5, 0.6) is 0 Å². The Balaban J connectivity index is 0.000000360. The molecule has 0 aromatic carbocycles. The van der Waals surface area contributed by atoms with Gasteiger partial charge in [-0.3, -0.25) is 0 Å². The van der Waals surface area contributed by atoms with E-state index in [2.05, 4.69) is 5.32 Å². The minimum Gasteiger partial charge on any atom is -0.315 e. The van der Waals surface area contributed by atoms with Gasteiger partial charge >= 0.3 is 0 Å². The van der Waals surface area contributed by atoms with Gasteiger partial charge in [-0.1, -0.05) is 7.43 Å². The molecule has 0 aliphatic carbocycles. The molecule has 1 rings (SSSR count). The molecule has 7 heavy (non-hydrogen) atoms. The molecule has 0 atom stereocenters. The highest BCUT2D eigenvalue weighted by Gasteiger charge is 1.93. The second kappa shape index (κ2) is 4.47. The van der Waals surface area contributed by atoms with Crippen molar-refractivity contribution in [3.63, 3.8) is 0 Å². The van der Waals surface area contributed by atoms with Crippen LogP contribution in [-0.4, -0.2) is 24.6 Å². The van der Waals surface area contributed by atoms with E-state index in [1.165, 1.54) is 24.6 Å². The summed E-state index contributed by atoms with van der Waals surface area (Å²) in [5, 5.41) is 3.26. The lowest BCUT2D eigenvalue weighted by Gasteiger charge is -2.08. The summed E-state index contributed by atoms with van der Waals surface area (Å²) in [4.78, 5) is 0. The van der Waals surface area contributed by atoms with Gasteiger partial charge in [0.2, 0.25) is 0 Å². The van der Waals surface area contributed by atoms with Gasteiger partial charge in [0, 0.05) is 24.6 Å². The van der Waals surface area contributed by atoms with Gasteiger partial charge < -0.3 is 5.32 Å². The molecule has 1 aliphatic heterocycles. The summed E-state index contributed by atoms with van der Waals surface area (Å²) >= 11 is 2.03. The van der Waals surface area contributed by atoms with Crippen molar-refractivity contribution in [2.75, 3.05) is 24.6 Å². The average Bonchev–Trinajstić information content (AvgIpc) is 1.72. The van der Waals surface area contributed by atoms with Gasteiger partial charge in [0.05, 0.1) is 0 Å². The van der Waals surface area contributed by atoms with Gasteiger partial charge in [-0.25, -0.2) is 0 Å². The van der Waals surface area contributed by atoms with Crippen LogP contribution in [-0.2, 0) is 0 Å². The minimum absolute atomic E-state index is 0. The maximum Gasteiger partial charge on any atom is 0.00585 e. The molecule has 0 aromatic rings. The smallest absolute Gasteiger partial charge is 0.00585 e. The number of hydrogen-bond donors (Lipinski definition) is 1. The molecule has 0 unspecified atom stereocenters. The first-order valence-corrected chi connectivity index (χ1v) is 3.44. The number of nitrogens with one attached hydrogen (secondary N) is 1. The standard InChI is InChI=1S/C4H9NS.CH4/c1-3-6-4-2-5-1;/h5H,1-4H2;1H4. The Hall–Kier alpha value is 0.310. The molecule has 2 heteroatoms. The summed E-state index contributed by atoms with van der Waals surface area (Å²) in [6.07, 6.45) is 0. The van der Waals surface area contributed by atoms with Crippen LogP contribution in [0.1, 0.15) is 7.43 Å². The molecule has 0 bridgehead atoms. The number of rotatable bonds is 0. The first-order valence-electron chi connectivity index (χ1n) is 2.28. The van der Waals surface area contributed by atoms with Crippen molar-refractivity contribution in [2.24, 2.45) is 0 Å². The Morgan fingerprint density at radius 2 is 1.71 bits per heavy atom. The lowest BCUT2D eigenvalue weighted by Crippen LogP contribution is -2.24. The van der Waals surface area contributed by atoms with E-state index in [4.69, 9.17) is 0 Å². The molecule has 1 heterocycles. The molecular formula is C5H13NS. The molecule has 0 radical (unpaired) electrons. The third-order valence-corrected chi connectivity index (χ3v) is 1.83. The van der Waals surface area contributed by atoms with Crippen molar-refractivity contribution in [3.05, 3.63) is 0 Å². The first kappa shape index (κ1) is 7.31. The summed E-state index contributed by atoms with van der Waals surface area (Å²) in [5.74, 6) is 2.61. The largest absolute Gasteiger partial charge is 0.315 e. The molecule has 44 valence electrons. The average molecular weight is 119 g/mol. The van der Waals surface area contributed by atoms with Gasteiger partial charge in [-0.05, 0) is 0 Å². The Morgan fingerprint density at radius 3 is 1.86 bits per heavy atom. The van der Waals surface area contributed by atoms with Crippen LogP contribution >= 0.6 is 11.8 Å². The molecule has 0 saturated carbocycles. The summed E-state index contributed by atoms with van der Waals surface area (Å²) in [6.45, 7) is 2.43. The third kappa shape index (κ3) is 2.94. The van der Waals surface area contributed by atoms with Crippen LogP contribution in [0.15, 0.2) is 0 Å². The second-order valence-corrected chi connectivity index (χ2v) is 2.59. The van der Waals surface area contributed by atoms with Crippen LogP contribution in [0.25, 0.3) is 0 Å². The fourth-order valence-corrected chi connectivity index (χ4v) is 1.30. The van der Waals surface area contributed by atoms with E-state index >= 15 is 0 Å². The highest BCUT2D eigenvalue weighted by molar-refractivity contribution is 7.99. The summed E-state index contributed by atoms with van der Waals surface area (Å²) < 4.78 is 0. The predicted molar refractivity (Wildman–Crippen MR) is 36.9 cm³/mol. The Bertz CT molecular complexity index is 23.6. The predicted octanol–water partition coefficient (Wildman–Crippen LogP) is 0.959. The molecular weight excluding hydrogens is 106 g/mol. The van der Waals surface area contributed by atoms with E-state index in [-0.39, 0.29) is 7.43 Å². The molecule has 1 N–H and O–H groups in total. The van der Waals surface area contributed by atoms with Gasteiger partial charge in [0.25, 0.3) is 0 Å². The molecule has 1 aliphatic rings. The van der Waals surface area contributed by atoms with Crippen LogP contribution in [0, 0.1) is 0 Å². The second-order valence-electron chi connectivity index (χ2n) is 1.36. The van der Waals surface area contributed by atoms with E-state index < -0.39 is 0 Å². The highest BCUT2D eigenvalue weighted by Crippen LogP contribution is 1.99. The fraction of sp³-hybridized carbons (Fsp3) is 1.00. The number of thioether (sulfide) groups is 1. The zero-order valence-electron chi connectivity index (χ0n) is 3.74. The van der Waals surface area contributed by atoms with E-state index in [0.29, 0.717) is 0 Å². The van der Waals surface area contributed by atoms with Crippen molar-refractivity contribution >= 4 is 11.8 Å². The normalized spacial score (nSPS) is 20.6. The molecule has 0 amide bonds. The third-order valence-electron chi connectivity index (χ3n) is 0.846. The van der Waals surface area contributed by atoms with E-state index in [9.17, 15) is 0 Å². The zero-order valence-corrected chi connectivity index (χ0v) is 4.55. The van der Waals surface area contributed by atoms with Gasteiger partial charge in [0.1, 0.15) is 0 Å². The van der Waals surface area contributed by atoms with Gasteiger partial charge in [-0.15, -0.1) is 0 Å². The van der Waals surface area contributed by atoms with Crippen LogP contribution in [0.2, 0.25) is 0 Å². The summed E-state index contributed by atoms with van der Waals surface area (Å²) in [7, 11) is 0. The SMILES string of the molecule is C.C1CSCCN1. The molecule has 1 saturated heterocycles. The first-order chi connectivity index (χ1) is 3.00. The Kier molecular flexibility index (Phi) is 4.67. The Labute approximate surface area is 49.9 Å². The monoisotopic (exact) mass is 119 g/mol. The van der Waals surface area contributed by atoms with Gasteiger partial charge in [0.15, 0.2) is 0 Å². The maximum absolute atomic E-state index is 3.26. The maximum atomic E-state index is 3.26. The lowest BCUT2D eigenvalue weighted by atomic mass is 10.6. The summed E-state index contributed by atoms with van der Waals surface area (Å²) in [6, 6.07) is 0. The van der Waals surface area contributed by atoms with Crippen molar-refractivity contribution in [1.29, 1.82) is 0 Å². The highest BCUT2D eigenvalue weighted by atomic mass is 32.2. The van der Waals surface area contributed by atoms with Crippen LogP contribution < -0.4 is 5.32 Å². The van der Waals surface area contributed by atoms with Crippen molar-refractivity contribution in [3.8, 4) is 0 Å². The van der Waals surface area contributed by atoms with E-state index in [0.717, 1.165) is 0 Å². The van der Waals surface area contributed by atoms with E-state index in [1.807, 2.05) is 11.8 Å². The molecule has 0 aromatic heterocycles. The minimum atomic E-state index is 0. The van der Waals surface area contributed by atoms with E-state index in [1.54, 1.807) is 0 Å². The lowest BCUT2D eigenvalue weighted by molar-refractivity contribution is 0.756. The molecule has 1 fully saturated rings. The van der Waals surface area contributed by atoms with Crippen LogP contribution in [0.4, 0.5) is 0 Å². The van der Waals surface area contributed by atoms with Crippen LogP contribution in [0.3, 0.4) is 0 Å². The molecule has 1 nitrogen and oxygen atoms in total. The Morgan fingerprint density at radius 1 is 1.14 bits per heavy atom. The quantitative estimate of drug-likeness (QED) is 0.509. The topological polar surface area (TPSA) is 12.0 Å². The zero-order chi connectivity index (χ0) is 4.24. The van der Waals surface area contributed by atoms with Crippen molar-refractivity contribution in [2.45, 2.75) is 7.43 Å². The van der Waals surface area contributed by atoms with Gasteiger partial charge in [-0.2, -0.15) is 11.8 Å². The van der Waals surface area contributed by atoms with Crippen molar-refractivity contribution < 1.29 is 0 Å².